The Morgan fingerprint density at radius 1 is 0.850 bits per heavy atom. The second-order valence-electron chi connectivity index (χ2n) is 12.4. The van der Waals surface area contributed by atoms with Crippen LogP contribution in [-0.4, -0.2) is 23.1 Å². The number of carbonyl (C=O) groups excluding carboxylic acids is 2. The highest BCUT2D eigenvalue weighted by Gasteiger charge is 2.48. The summed E-state index contributed by atoms with van der Waals surface area (Å²) in [6, 6.07) is 11.7. The predicted molar refractivity (Wildman–Crippen MR) is 149 cm³/mol. The van der Waals surface area contributed by atoms with Crippen LogP contribution in [0.3, 0.4) is 0 Å². The van der Waals surface area contributed by atoms with Crippen LogP contribution >= 0.6 is 0 Å². The number of hydrogen-bond donors (Lipinski definition) is 0. The molecule has 0 atom stereocenters. The molecule has 8 heteroatoms. The average molecular weight is 546 g/mol. The first kappa shape index (κ1) is 27.6. The van der Waals surface area contributed by atoms with Crippen molar-refractivity contribution in [1.29, 1.82) is 0 Å². The molecule has 1 heterocycles. The lowest BCUT2D eigenvalue weighted by molar-refractivity contribution is -0.384. The van der Waals surface area contributed by atoms with E-state index in [0.717, 1.165) is 11.1 Å². The lowest BCUT2D eigenvalue weighted by atomic mass is 9.65. The van der Waals surface area contributed by atoms with Gasteiger partial charge in [-0.05, 0) is 53.1 Å². The third-order valence-corrected chi connectivity index (χ3v) is 7.72. The van der Waals surface area contributed by atoms with Gasteiger partial charge in [0, 0.05) is 54.9 Å². The van der Waals surface area contributed by atoms with Crippen LogP contribution in [0, 0.1) is 20.9 Å². The molecule has 40 heavy (non-hydrogen) atoms. The number of Topliss-reactive ketones (excluding diaryl/α,β-unsaturated/α-hetero) is 2. The van der Waals surface area contributed by atoms with Gasteiger partial charge in [-0.3, -0.25) is 19.7 Å². The van der Waals surface area contributed by atoms with Crippen molar-refractivity contribution < 1.29 is 28.7 Å². The summed E-state index contributed by atoms with van der Waals surface area (Å²) >= 11 is 0. The molecule has 2 aromatic carbocycles. The lowest BCUT2D eigenvalue weighted by Gasteiger charge is -2.42. The summed E-state index contributed by atoms with van der Waals surface area (Å²) < 4.78 is 18.4. The second kappa shape index (κ2) is 10.2. The van der Waals surface area contributed by atoms with Crippen molar-refractivity contribution in [2.45, 2.75) is 72.8 Å². The first-order chi connectivity index (χ1) is 18.9. The van der Waals surface area contributed by atoms with Crippen LogP contribution < -0.4 is 9.47 Å². The molecule has 0 amide bonds. The molecule has 0 saturated carbocycles. The van der Waals surface area contributed by atoms with E-state index in [1.807, 2.05) is 19.1 Å². The van der Waals surface area contributed by atoms with Crippen molar-refractivity contribution in [2.24, 2.45) is 10.8 Å². The van der Waals surface area contributed by atoms with Gasteiger partial charge in [-0.15, -0.1) is 0 Å². The summed E-state index contributed by atoms with van der Waals surface area (Å²) in [6.45, 7) is 10.7. The molecule has 0 N–H and O–H groups in total. The molecule has 2 aliphatic carbocycles. The highest BCUT2D eigenvalue weighted by molar-refractivity contribution is 6.06. The predicted octanol–water partition coefficient (Wildman–Crippen LogP) is 6.97. The maximum Gasteiger partial charge on any atom is 0.269 e. The van der Waals surface area contributed by atoms with E-state index < -0.39 is 10.8 Å². The second-order valence-corrected chi connectivity index (χ2v) is 12.4. The zero-order valence-corrected chi connectivity index (χ0v) is 23.7. The number of ketones is 2. The van der Waals surface area contributed by atoms with Gasteiger partial charge in [0.25, 0.3) is 5.69 Å². The quantitative estimate of drug-likeness (QED) is 0.273. The Morgan fingerprint density at radius 2 is 1.43 bits per heavy atom. The SMILES string of the molecule is CCOc1cc(C2C3=C(CC(C)(C)CC3=O)OC3=C2C(=O)CC(C)(C)C3)ccc1OCc1ccc([N+](=O)[O-])cc1. The first-order valence-electron chi connectivity index (χ1n) is 13.7. The van der Waals surface area contributed by atoms with Crippen LogP contribution in [0.1, 0.15) is 77.3 Å². The van der Waals surface area contributed by atoms with E-state index in [4.69, 9.17) is 14.2 Å². The van der Waals surface area contributed by atoms with E-state index in [1.165, 1.54) is 12.1 Å². The standard InChI is InChI=1S/C32H35NO7/c1-6-38-25-13-20(9-12-24(25)39-18-19-7-10-21(11-8-19)33(36)37)28-29-22(34)14-31(2,3)16-26(29)40-27-17-32(4,5)15-23(35)30(27)28/h7-13,28H,6,14-18H2,1-5H3. The van der Waals surface area contributed by atoms with E-state index in [1.54, 1.807) is 18.2 Å². The third kappa shape index (κ3) is 5.40. The molecular formula is C32H35NO7. The van der Waals surface area contributed by atoms with E-state index >= 15 is 0 Å². The molecule has 8 nitrogen and oxygen atoms in total. The molecule has 0 radical (unpaired) electrons. The molecular weight excluding hydrogens is 510 g/mol. The van der Waals surface area contributed by atoms with E-state index in [9.17, 15) is 19.7 Å². The summed E-state index contributed by atoms with van der Waals surface area (Å²) in [6.07, 6.45) is 2.04. The highest BCUT2D eigenvalue weighted by Crippen LogP contribution is 2.53. The molecule has 0 fully saturated rings. The number of nitro groups is 1. The summed E-state index contributed by atoms with van der Waals surface area (Å²) in [7, 11) is 0. The van der Waals surface area contributed by atoms with Crippen LogP contribution in [0.2, 0.25) is 0 Å². The van der Waals surface area contributed by atoms with Gasteiger partial charge < -0.3 is 14.2 Å². The van der Waals surface area contributed by atoms with Gasteiger partial charge in [0.1, 0.15) is 18.1 Å². The molecule has 0 unspecified atom stereocenters. The van der Waals surface area contributed by atoms with E-state index in [0.29, 0.717) is 66.5 Å². The fourth-order valence-corrected chi connectivity index (χ4v) is 5.97. The molecule has 2 aromatic rings. The highest BCUT2D eigenvalue weighted by atomic mass is 16.6. The van der Waals surface area contributed by atoms with Gasteiger partial charge >= 0.3 is 0 Å². The number of hydrogen-bond acceptors (Lipinski definition) is 7. The van der Waals surface area contributed by atoms with Gasteiger partial charge in [0.05, 0.1) is 11.5 Å². The van der Waals surface area contributed by atoms with Crippen LogP contribution in [-0.2, 0) is 20.9 Å². The molecule has 0 bridgehead atoms. The molecule has 3 aliphatic rings. The number of nitro benzene ring substituents is 1. The molecule has 1 aliphatic heterocycles. The van der Waals surface area contributed by atoms with E-state index in [2.05, 4.69) is 27.7 Å². The number of ether oxygens (including phenoxy) is 3. The maximum atomic E-state index is 13.6. The van der Waals surface area contributed by atoms with Gasteiger partial charge in [0.2, 0.25) is 0 Å². The van der Waals surface area contributed by atoms with Crippen molar-refractivity contribution >= 4 is 17.3 Å². The van der Waals surface area contributed by atoms with Crippen LogP contribution in [0.25, 0.3) is 0 Å². The number of nitrogens with zero attached hydrogens (tertiary/aromatic N) is 1. The molecule has 0 spiro atoms. The molecule has 210 valence electrons. The Hall–Kier alpha value is -3.94. The van der Waals surface area contributed by atoms with Gasteiger partial charge in [-0.1, -0.05) is 33.8 Å². The topological polar surface area (TPSA) is 105 Å². The zero-order valence-electron chi connectivity index (χ0n) is 23.7. The fraction of sp³-hybridized carbons (Fsp3) is 0.438. The van der Waals surface area contributed by atoms with Crippen LogP contribution in [0.4, 0.5) is 5.69 Å². The molecule has 0 saturated heterocycles. The molecule has 0 aromatic heterocycles. The number of benzene rings is 2. The third-order valence-electron chi connectivity index (χ3n) is 7.72. The van der Waals surface area contributed by atoms with Crippen LogP contribution in [0.5, 0.6) is 11.5 Å². The van der Waals surface area contributed by atoms with E-state index in [-0.39, 0.29) is 34.7 Å². The van der Waals surface area contributed by atoms with Crippen molar-refractivity contribution in [3.05, 3.63) is 86.4 Å². The number of rotatable bonds is 7. The monoisotopic (exact) mass is 545 g/mol. The number of carbonyl (C=O) groups is 2. The largest absolute Gasteiger partial charge is 0.490 e. The summed E-state index contributed by atoms with van der Waals surface area (Å²) in [5.41, 5.74) is 2.29. The Morgan fingerprint density at radius 3 is 1.95 bits per heavy atom. The normalized spacial score (nSPS) is 20.0. The average Bonchev–Trinajstić information content (AvgIpc) is 2.85. The van der Waals surface area contributed by atoms with Crippen molar-refractivity contribution in [3.63, 3.8) is 0 Å². The fourth-order valence-electron chi connectivity index (χ4n) is 5.97. The summed E-state index contributed by atoms with van der Waals surface area (Å²) in [5.74, 6) is 1.86. The zero-order chi connectivity index (χ0) is 28.8. The Balaban J connectivity index is 1.53. The lowest BCUT2D eigenvalue weighted by Crippen LogP contribution is -2.37. The van der Waals surface area contributed by atoms with Crippen LogP contribution in [0.15, 0.2) is 65.1 Å². The van der Waals surface area contributed by atoms with Crippen molar-refractivity contribution in [3.8, 4) is 11.5 Å². The van der Waals surface area contributed by atoms with Gasteiger partial charge in [-0.25, -0.2) is 0 Å². The molecule has 5 rings (SSSR count). The summed E-state index contributed by atoms with van der Waals surface area (Å²) in [5, 5.41) is 11.0. The smallest absolute Gasteiger partial charge is 0.269 e. The van der Waals surface area contributed by atoms with Gasteiger partial charge in [-0.2, -0.15) is 0 Å². The van der Waals surface area contributed by atoms with Crippen molar-refractivity contribution in [2.75, 3.05) is 6.61 Å². The minimum atomic E-state index is -0.520. The first-order valence-corrected chi connectivity index (χ1v) is 13.7. The Kier molecular flexibility index (Phi) is 7.06. The Bertz CT molecular complexity index is 1390. The maximum absolute atomic E-state index is 13.6. The number of non-ortho nitro benzene ring substituents is 1. The van der Waals surface area contributed by atoms with Crippen molar-refractivity contribution in [1.82, 2.24) is 0 Å². The summed E-state index contributed by atoms with van der Waals surface area (Å²) in [4.78, 5) is 37.7. The Labute approximate surface area is 234 Å². The minimum absolute atomic E-state index is 0.0110. The van der Waals surface area contributed by atoms with Gasteiger partial charge in [0.15, 0.2) is 23.1 Å². The number of allylic oxidation sites excluding steroid dienone is 4. The minimum Gasteiger partial charge on any atom is -0.490 e.